The number of phenolic OH excluding ortho intramolecular Hbond substituents is 2. The molecule has 4 heteroatoms. The van der Waals surface area contributed by atoms with Gasteiger partial charge < -0.3 is 15.3 Å². The molecule has 1 unspecified atom stereocenters. The van der Waals surface area contributed by atoms with Gasteiger partial charge in [-0.15, -0.1) is 0 Å². The molecular weight excluding hydrogens is 244 g/mol. The predicted molar refractivity (Wildman–Crippen MR) is 70.2 cm³/mol. The zero-order valence-corrected chi connectivity index (χ0v) is 10.4. The van der Waals surface area contributed by atoms with E-state index in [1.165, 1.54) is 12.1 Å². The first-order valence-electron chi connectivity index (χ1n) is 5.80. The van der Waals surface area contributed by atoms with Crippen LogP contribution in [0.1, 0.15) is 27.6 Å². The minimum atomic E-state index is -1.42. The van der Waals surface area contributed by atoms with Crippen molar-refractivity contribution in [3.63, 3.8) is 0 Å². The van der Waals surface area contributed by atoms with Crippen molar-refractivity contribution in [3.8, 4) is 11.5 Å². The highest BCUT2D eigenvalue weighted by atomic mass is 16.3. The Labute approximate surface area is 110 Å². The van der Waals surface area contributed by atoms with E-state index in [2.05, 4.69) is 0 Å². The molecule has 0 radical (unpaired) electrons. The van der Waals surface area contributed by atoms with Crippen molar-refractivity contribution < 1.29 is 20.1 Å². The average molecular weight is 258 g/mol. The van der Waals surface area contributed by atoms with Gasteiger partial charge in [0.25, 0.3) is 0 Å². The quantitative estimate of drug-likeness (QED) is 0.738. The van der Waals surface area contributed by atoms with E-state index in [-0.39, 0.29) is 17.1 Å². The third-order valence-electron chi connectivity index (χ3n) is 2.85. The summed E-state index contributed by atoms with van der Waals surface area (Å²) in [5.74, 6) is -1.41. The largest absolute Gasteiger partial charge is 0.507 e. The lowest BCUT2D eigenvalue weighted by Gasteiger charge is -2.12. The first kappa shape index (κ1) is 13.1. The van der Waals surface area contributed by atoms with Crippen LogP contribution in [0.3, 0.4) is 0 Å². The van der Waals surface area contributed by atoms with Gasteiger partial charge in [-0.1, -0.05) is 30.3 Å². The maximum Gasteiger partial charge on any atom is 0.203 e. The van der Waals surface area contributed by atoms with Crippen molar-refractivity contribution in [1.82, 2.24) is 0 Å². The van der Waals surface area contributed by atoms with Crippen LogP contribution in [0.4, 0.5) is 0 Å². The fraction of sp³-hybridized carbons (Fsp3) is 0.133. The van der Waals surface area contributed by atoms with Gasteiger partial charge in [0.05, 0.1) is 0 Å². The molecule has 1 atom stereocenters. The van der Waals surface area contributed by atoms with Crippen LogP contribution >= 0.6 is 0 Å². The molecule has 0 bridgehead atoms. The van der Waals surface area contributed by atoms with Crippen LogP contribution in [0.15, 0.2) is 42.5 Å². The number of carbonyl (C=O) groups is 1. The van der Waals surface area contributed by atoms with Crippen LogP contribution in [-0.2, 0) is 0 Å². The lowest BCUT2D eigenvalue weighted by atomic mass is 9.97. The number of carbonyl (C=O) groups excluding carboxylic acids is 1. The second-order valence-corrected chi connectivity index (χ2v) is 4.36. The molecule has 0 spiro atoms. The van der Waals surface area contributed by atoms with Crippen LogP contribution in [0.5, 0.6) is 11.5 Å². The van der Waals surface area contributed by atoms with Crippen molar-refractivity contribution >= 4 is 5.78 Å². The summed E-state index contributed by atoms with van der Waals surface area (Å²) >= 11 is 0. The third kappa shape index (κ3) is 2.58. The maximum absolute atomic E-state index is 12.1. The molecule has 2 rings (SSSR count). The Morgan fingerprint density at radius 1 is 1.05 bits per heavy atom. The molecule has 19 heavy (non-hydrogen) atoms. The SMILES string of the molecule is Cc1cc(O)c(C(=O)C(O)c2ccccc2)c(O)c1. The van der Waals surface area contributed by atoms with E-state index >= 15 is 0 Å². The summed E-state index contributed by atoms with van der Waals surface area (Å²) in [6.07, 6.45) is -1.42. The highest BCUT2D eigenvalue weighted by Gasteiger charge is 2.25. The van der Waals surface area contributed by atoms with Crippen LogP contribution in [0, 0.1) is 6.92 Å². The van der Waals surface area contributed by atoms with Crippen LogP contribution in [-0.4, -0.2) is 21.1 Å². The summed E-state index contributed by atoms with van der Waals surface area (Å²) in [5, 5.41) is 29.5. The first-order chi connectivity index (χ1) is 9.00. The van der Waals surface area contributed by atoms with E-state index in [1.807, 2.05) is 0 Å². The van der Waals surface area contributed by atoms with Crippen molar-refractivity contribution in [2.45, 2.75) is 13.0 Å². The number of hydrogen-bond acceptors (Lipinski definition) is 4. The lowest BCUT2D eigenvalue weighted by Crippen LogP contribution is -2.12. The van der Waals surface area contributed by atoms with Crippen molar-refractivity contribution in [1.29, 1.82) is 0 Å². The van der Waals surface area contributed by atoms with E-state index in [0.717, 1.165) is 0 Å². The highest BCUT2D eigenvalue weighted by molar-refractivity contribution is 6.04. The molecule has 0 fully saturated rings. The number of aryl methyl sites for hydroxylation is 1. The molecule has 0 aliphatic rings. The van der Waals surface area contributed by atoms with Gasteiger partial charge in [-0.2, -0.15) is 0 Å². The number of Topliss-reactive ketones (excluding diaryl/α,β-unsaturated/α-hetero) is 1. The summed E-state index contributed by atoms with van der Waals surface area (Å²) in [6, 6.07) is 11.1. The smallest absolute Gasteiger partial charge is 0.203 e. The van der Waals surface area contributed by atoms with E-state index in [9.17, 15) is 20.1 Å². The normalized spacial score (nSPS) is 12.1. The Balaban J connectivity index is 2.40. The minimum absolute atomic E-state index is 0.262. The third-order valence-corrected chi connectivity index (χ3v) is 2.85. The highest BCUT2D eigenvalue weighted by Crippen LogP contribution is 2.32. The summed E-state index contributed by atoms with van der Waals surface area (Å²) < 4.78 is 0. The number of aliphatic hydroxyl groups excluding tert-OH is 1. The number of aliphatic hydroxyl groups is 1. The molecule has 0 heterocycles. The van der Waals surface area contributed by atoms with Crippen molar-refractivity contribution in [3.05, 3.63) is 59.2 Å². The van der Waals surface area contributed by atoms with Gasteiger partial charge in [0.15, 0.2) is 0 Å². The summed E-state index contributed by atoms with van der Waals surface area (Å²) in [5.41, 5.74) is 0.773. The number of rotatable bonds is 3. The summed E-state index contributed by atoms with van der Waals surface area (Å²) in [6.45, 7) is 1.68. The Morgan fingerprint density at radius 3 is 2.11 bits per heavy atom. The molecule has 0 aliphatic carbocycles. The molecular formula is C15H14O4. The summed E-state index contributed by atoms with van der Waals surface area (Å²) in [4.78, 5) is 12.1. The van der Waals surface area contributed by atoms with Gasteiger partial charge in [-0.25, -0.2) is 0 Å². The average Bonchev–Trinajstić information content (AvgIpc) is 2.37. The fourth-order valence-corrected chi connectivity index (χ4v) is 1.92. The molecule has 0 amide bonds. The van der Waals surface area contributed by atoms with E-state index < -0.39 is 11.9 Å². The fourth-order valence-electron chi connectivity index (χ4n) is 1.92. The summed E-state index contributed by atoms with van der Waals surface area (Å²) in [7, 11) is 0. The van der Waals surface area contributed by atoms with Crippen molar-refractivity contribution in [2.24, 2.45) is 0 Å². The van der Waals surface area contributed by atoms with Crippen LogP contribution in [0.2, 0.25) is 0 Å². The minimum Gasteiger partial charge on any atom is -0.507 e. The Morgan fingerprint density at radius 2 is 1.58 bits per heavy atom. The van der Waals surface area contributed by atoms with Crippen molar-refractivity contribution in [2.75, 3.05) is 0 Å². The number of aromatic hydroxyl groups is 2. The zero-order chi connectivity index (χ0) is 14.0. The molecule has 3 N–H and O–H groups in total. The zero-order valence-electron chi connectivity index (χ0n) is 10.4. The number of ketones is 1. The molecule has 2 aromatic carbocycles. The van der Waals surface area contributed by atoms with E-state index in [4.69, 9.17) is 0 Å². The van der Waals surface area contributed by atoms with Gasteiger partial charge >= 0.3 is 0 Å². The Bertz CT molecular complexity index is 582. The van der Waals surface area contributed by atoms with Gasteiger partial charge in [0.1, 0.15) is 23.2 Å². The molecule has 0 aromatic heterocycles. The lowest BCUT2D eigenvalue weighted by molar-refractivity contribution is 0.0741. The first-order valence-corrected chi connectivity index (χ1v) is 5.80. The molecule has 98 valence electrons. The van der Waals surface area contributed by atoms with E-state index in [1.54, 1.807) is 37.3 Å². The maximum atomic E-state index is 12.1. The Kier molecular flexibility index (Phi) is 3.53. The second-order valence-electron chi connectivity index (χ2n) is 4.36. The molecule has 2 aromatic rings. The van der Waals surface area contributed by atoms with Crippen LogP contribution in [0.25, 0.3) is 0 Å². The monoisotopic (exact) mass is 258 g/mol. The second kappa shape index (κ2) is 5.12. The van der Waals surface area contributed by atoms with Gasteiger partial charge in [0.2, 0.25) is 5.78 Å². The molecule has 0 aliphatic heterocycles. The van der Waals surface area contributed by atoms with Gasteiger partial charge in [-0.05, 0) is 30.2 Å². The number of hydrogen-bond donors (Lipinski definition) is 3. The topological polar surface area (TPSA) is 77.8 Å². The number of benzene rings is 2. The molecule has 4 nitrogen and oxygen atoms in total. The van der Waals surface area contributed by atoms with E-state index in [0.29, 0.717) is 11.1 Å². The van der Waals surface area contributed by atoms with Gasteiger partial charge in [0, 0.05) is 0 Å². The molecule has 0 saturated heterocycles. The predicted octanol–water partition coefficient (Wildman–Crippen LogP) is 2.32. The van der Waals surface area contributed by atoms with Crippen LogP contribution < -0.4 is 0 Å². The molecule has 0 saturated carbocycles. The van der Waals surface area contributed by atoms with Gasteiger partial charge in [-0.3, -0.25) is 4.79 Å². The number of phenols is 2. The Hall–Kier alpha value is -2.33. The standard InChI is InChI=1S/C15H14O4/c1-9-7-11(16)13(12(17)8-9)15(19)14(18)10-5-3-2-4-6-10/h2-8,14,16-18H,1H3.